The van der Waals surface area contributed by atoms with Gasteiger partial charge in [-0.05, 0) is 51.2 Å². The van der Waals surface area contributed by atoms with Gasteiger partial charge in [-0.2, -0.15) is 0 Å². The Kier molecular flexibility index (Phi) is 3.57. The fourth-order valence-corrected chi connectivity index (χ4v) is 2.93. The van der Waals surface area contributed by atoms with E-state index < -0.39 is 1.68 Å². The van der Waals surface area contributed by atoms with Crippen molar-refractivity contribution in [1.29, 1.82) is 0 Å². The minimum Gasteiger partial charge on any atom is -0.215 e. The highest BCUT2D eigenvalue weighted by atomic mass is 127. The molecule has 0 radical (unpaired) electrons. The number of alkyl halides is 3. The first kappa shape index (κ1) is 10.2. The zero-order chi connectivity index (χ0) is 8.48. The number of halogens is 4. The maximum Gasteiger partial charge on any atom is 0.236 e. The van der Waals surface area contributed by atoms with Crippen LogP contribution in [0.15, 0.2) is 28.7 Å². The van der Waals surface area contributed by atoms with Gasteiger partial charge in [-0.25, -0.2) is 4.39 Å². The average Bonchev–Trinajstić information content (AvgIpc) is 1.86. The van der Waals surface area contributed by atoms with Crippen molar-refractivity contribution >= 4 is 61.1 Å². The van der Waals surface area contributed by atoms with Crippen LogP contribution in [-0.4, -0.2) is 0 Å². The molecular weight excluding hydrogens is 437 g/mol. The molecule has 1 rings (SSSR count). The van der Waals surface area contributed by atoms with E-state index in [9.17, 15) is 4.39 Å². The second-order valence-electron chi connectivity index (χ2n) is 1.98. The van der Waals surface area contributed by atoms with Crippen molar-refractivity contribution in [3.05, 3.63) is 34.3 Å². The molecule has 0 aliphatic carbocycles. The van der Waals surface area contributed by atoms with Crippen molar-refractivity contribution in [2.24, 2.45) is 0 Å². The first-order chi connectivity index (χ1) is 5.02. The molecule has 0 heterocycles. The fourth-order valence-electron chi connectivity index (χ4n) is 0.691. The smallest absolute Gasteiger partial charge is 0.215 e. The molecule has 0 spiro atoms. The molecule has 4 heteroatoms. The monoisotopic (exact) mass is 440 g/mol. The highest BCUT2D eigenvalue weighted by molar-refractivity contribution is 14.2. The predicted molar refractivity (Wildman–Crippen MR) is 65.0 cm³/mol. The lowest BCUT2D eigenvalue weighted by Gasteiger charge is -2.11. The van der Waals surface area contributed by atoms with Gasteiger partial charge < -0.3 is 0 Å². The molecule has 11 heavy (non-hydrogen) atoms. The topological polar surface area (TPSA) is 0 Å². The number of rotatable bonds is 1. The summed E-state index contributed by atoms with van der Waals surface area (Å²) in [6.07, 6.45) is 0. The van der Waals surface area contributed by atoms with Gasteiger partial charge in [0.05, 0.1) is 0 Å². The van der Waals surface area contributed by atoms with E-state index >= 15 is 0 Å². The van der Waals surface area contributed by atoms with E-state index in [1.54, 1.807) is 51.2 Å². The van der Waals surface area contributed by atoms with Crippen molar-refractivity contribution in [1.82, 2.24) is 0 Å². The molecule has 0 fully saturated rings. The molecule has 1 aromatic carbocycles. The van der Waals surface area contributed by atoms with Crippen LogP contribution in [0, 0.1) is 0 Å². The van der Waals surface area contributed by atoms with Crippen LogP contribution in [0.5, 0.6) is 0 Å². The summed E-state index contributed by atoms with van der Waals surface area (Å²) in [4.78, 5) is 0. The third kappa shape index (κ3) is 2.80. The van der Waals surface area contributed by atoms with Crippen LogP contribution >= 0.6 is 61.1 Å². The standard InChI is InChI=1S/C7H4BrFI2/c8-6-4-2-1-3-5(6)7(9,10)11/h1-4H. The van der Waals surface area contributed by atoms with Crippen LogP contribution in [-0.2, 0) is 1.68 Å². The third-order valence-electron chi connectivity index (χ3n) is 1.18. The Hall–Kier alpha value is 1.09. The fraction of sp³-hybridized carbons (Fsp3) is 0.143. The third-order valence-corrected chi connectivity index (χ3v) is 3.03. The van der Waals surface area contributed by atoms with E-state index in [2.05, 4.69) is 15.9 Å². The summed E-state index contributed by atoms with van der Waals surface area (Å²) in [6.45, 7) is 0. The van der Waals surface area contributed by atoms with Crippen LogP contribution in [0.4, 0.5) is 4.39 Å². The Labute approximate surface area is 100 Å². The van der Waals surface area contributed by atoms with E-state index in [0.717, 1.165) is 4.47 Å². The van der Waals surface area contributed by atoms with E-state index in [1.165, 1.54) is 0 Å². The first-order valence-electron chi connectivity index (χ1n) is 2.83. The van der Waals surface area contributed by atoms with Gasteiger partial charge in [0, 0.05) is 10.0 Å². The molecule has 60 valence electrons. The van der Waals surface area contributed by atoms with Crippen LogP contribution in [0.2, 0.25) is 0 Å². The molecule has 0 aliphatic rings. The molecule has 0 bridgehead atoms. The van der Waals surface area contributed by atoms with Gasteiger partial charge >= 0.3 is 0 Å². The molecule has 0 aliphatic heterocycles. The van der Waals surface area contributed by atoms with Crippen LogP contribution in [0.25, 0.3) is 0 Å². The highest BCUT2D eigenvalue weighted by Crippen LogP contribution is 2.43. The first-order valence-corrected chi connectivity index (χ1v) is 5.78. The van der Waals surface area contributed by atoms with E-state index in [1.807, 2.05) is 18.2 Å². The Balaban J connectivity index is 3.14. The summed E-state index contributed by atoms with van der Waals surface area (Å²) in [5.74, 6) is 0. The molecule has 0 unspecified atom stereocenters. The van der Waals surface area contributed by atoms with Gasteiger partial charge in [0.25, 0.3) is 0 Å². The van der Waals surface area contributed by atoms with Gasteiger partial charge in [-0.15, -0.1) is 0 Å². The second kappa shape index (κ2) is 3.87. The maximum atomic E-state index is 13.3. The average molecular weight is 441 g/mol. The Morgan fingerprint density at radius 2 is 1.82 bits per heavy atom. The second-order valence-corrected chi connectivity index (χ2v) is 7.87. The minimum absolute atomic E-state index is 0.668. The molecular formula is C7H4BrFI2. The number of hydrogen-bond donors (Lipinski definition) is 0. The quantitative estimate of drug-likeness (QED) is 0.448. The summed E-state index contributed by atoms with van der Waals surface area (Å²) in [6, 6.07) is 7.29. The van der Waals surface area contributed by atoms with Crippen molar-refractivity contribution < 1.29 is 4.39 Å². The maximum absolute atomic E-state index is 13.3. The summed E-state index contributed by atoms with van der Waals surface area (Å²) in [7, 11) is 0. The van der Waals surface area contributed by atoms with Gasteiger partial charge in [-0.1, -0.05) is 34.1 Å². The van der Waals surface area contributed by atoms with Crippen molar-refractivity contribution in [2.45, 2.75) is 1.68 Å². The molecule has 0 saturated carbocycles. The van der Waals surface area contributed by atoms with Crippen molar-refractivity contribution in [2.75, 3.05) is 0 Å². The lowest BCUT2D eigenvalue weighted by molar-refractivity contribution is 0.468. The lowest BCUT2D eigenvalue weighted by Crippen LogP contribution is -1.99. The van der Waals surface area contributed by atoms with E-state index in [0.29, 0.717) is 5.56 Å². The Morgan fingerprint density at radius 1 is 1.27 bits per heavy atom. The molecule has 0 aromatic heterocycles. The summed E-state index contributed by atoms with van der Waals surface area (Å²) >= 11 is 6.80. The summed E-state index contributed by atoms with van der Waals surface area (Å²) in [5, 5.41) is 0. The molecule has 0 N–H and O–H groups in total. The predicted octanol–water partition coefficient (Wildman–Crippen LogP) is 4.40. The van der Waals surface area contributed by atoms with Gasteiger partial charge in [-0.3, -0.25) is 0 Å². The van der Waals surface area contributed by atoms with Crippen LogP contribution in [0.3, 0.4) is 0 Å². The molecule has 0 atom stereocenters. The minimum atomic E-state index is -1.32. The van der Waals surface area contributed by atoms with Crippen molar-refractivity contribution in [3.8, 4) is 0 Å². The Bertz CT molecular complexity index is 257. The summed E-state index contributed by atoms with van der Waals surface area (Å²) in [5.41, 5.74) is 0.668. The SMILES string of the molecule is FC(I)(I)c1ccccc1Br. The van der Waals surface area contributed by atoms with Crippen LogP contribution in [0.1, 0.15) is 5.56 Å². The zero-order valence-electron chi connectivity index (χ0n) is 5.32. The van der Waals surface area contributed by atoms with E-state index in [4.69, 9.17) is 0 Å². The largest absolute Gasteiger partial charge is 0.236 e. The number of benzene rings is 1. The van der Waals surface area contributed by atoms with Gasteiger partial charge in [0.1, 0.15) is 0 Å². The number of hydrogen-bond acceptors (Lipinski definition) is 0. The van der Waals surface area contributed by atoms with E-state index in [-0.39, 0.29) is 0 Å². The highest BCUT2D eigenvalue weighted by Gasteiger charge is 2.25. The molecule has 0 saturated heterocycles. The molecule has 1 aromatic rings. The van der Waals surface area contributed by atoms with Crippen molar-refractivity contribution in [3.63, 3.8) is 0 Å². The van der Waals surface area contributed by atoms with Gasteiger partial charge in [0.15, 0.2) is 0 Å². The molecule has 0 amide bonds. The lowest BCUT2D eigenvalue weighted by atomic mass is 10.2. The molecule has 0 nitrogen and oxygen atoms in total. The van der Waals surface area contributed by atoms with Crippen LogP contribution < -0.4 is 0 Å². The zero-order valence-corrected chi connectivity index (χ0v) is 11.2. The summed E-state index contributed by atoms with van der Waals surface area (Å²) < 4.78 is 12.8. The normalized spacial score (nSPS) is 11.6. The Morgan fingerprint density at radius 3 is 2.18 bits per heavy atom. The van der Waals surface area contributed by atoms with Gasteiger partial charge in [0.2, 0.25) is 1.68 Å².